The predicted molar refractivity (Wildman–Crippen MR) is 79.1 cm³/mol. The summed E-state index contributed by atoms with van der Waals surface area (Å²) in [5, 5.41) is 5.90. The zero-order valence-electron chi connectivity index (χ0n) is 12.3. The average Bonchev–Trinajstić information content (AvgIpc) is 2.33. The Bertz CT molecular complexity index is 406. The molecule has 0 heterocycles. The Morgan fingerprint density at radius 1 is 1.21 bits per heavy atom. The second-order valence-corrected chi connectivity index (χ2v) is 5.84. The predicted octanol–water partition coefficient (Wildman–Crippen LogP) is 2.30. The maximum absolute atomic E-state index is 10.5. The normalized spacial score (nSPS) is 13.1. The largest absolute Gasteiger partial charge is 0.352 e. The summed E-state index contributed by atoms with van der Waals surface area (Å²) in [5.41, 5.74) is 7.76. The number of amides is 2. The van der Waals surface area contributed by atoms with Crippen molar-refractivity contribution < 1.29 is 4.79 Å². The van der Waals surface area contributed by atoms with E-state index in [9.17, 15) is 4.79 Å². The summed E-state index contributed by atoms with van der Waals surface area (Å²) < 4.78 is 0. The molecule has 0 bridgehead atoms. The van der Waals surface area contributed by atoms with E-state index >= 15 is 0 Å². The Morgan fingerprint density at radius 2 is 1.79 bits per heavy atom. The van der Waals surface area contributed by atoms with Gasteiger partial charge in [0.2, 0.25) is 0 Å². The number of primary amides is 1. The molecule has 0 fully saturated rings. The van der Waals surface area contributed by atoms with Crippen LogP contribution in [0.25, 0.3) is 0 Å². The molecule has 0 aromatic heterocycles. The topological polar surface area (TPSA) is 67.2 Å². The van der Waals surface area contributed by atoms with Gasteiger partial charge in [0.25, 0.3) is 0 Å². The lowest BCUT2D eigenvalue weighted by atomic mass is 9.86. The van der Waals surface area contributed by atoms with Gasteiger partial charge in [-0.1, -0.05) is 45.0 Å². The van der Waals surface area contributed by atoms with E-state index in [-0.39, 0.29) is 11.5 Å². The minimum Gasteiger partial charge on any atom is -0.352 e. The second-order valence-electron chi connectivity index (χ2n) is 5.84. The van der Waals surface area contributed by atoms with Crippen molar-refractivity contribution in [2.45, 2.75) is 39.2 Å². The van der Waals surface area contributed by atoms with Gasteiger partial charge in [-0.05, 0) is 23.5 Å². The van der Waals surface area contributed by atoms with Crippen molar-refractivity contribution >= 4 is 6.03 Å². The number of urea groups is 1. The number of hydrogen-bond acceptors (Lipinski definition) is 2. The molecule has 0 spiro atoms. The third-order valence-electron chi connectivity index (χ3n) is 3.15. The van der Waals surface area contributed by atoms with Gasteiger partial charge in [-0.25, -0.2) is 4.79 Å². The SMILES string of the molecule is CC(NCCNC(N)=O)c1ccc(C(C)(C)C)cc1. The van der Waals surface area contributed by atoms with E-state index in [1.807, 2.05) is 0 Å². The smallest absolute Gasteiger partial charge is 0.312 e. The van der Waals surface area contributed by atoms with Gasteiger partial charge < -0.3 is 16.4 Å². The molecule has 0 saturated heterocycles. The standard InChI is InChI=1S/C15H25N3O/c1-11(17-9-10-18-14(16)19)12-5-7-13(8-6-12)15(2,3)4/h5-8,11,17H,9-10H2,1-4H3,(H3,16,18,19). The first-order valence-electron chi connectivity index (χ1n) is 6.68. The van der Waals surface area contributed by atoms with Gasteiger partial charge in [0.1, 0.15) is 0 Å². The molecule has 0 radical (unpaired) electrons. The Hall–Kier alpha value is -1.55. The molecular formula is C15H25N3O. The Labute approximate surface area is 115 Å². The van der Waals surface area contributed by atoms with Gasteiger partial charge in [0.15, 0.2) is 0 Å². The molecule has 1 aromatic carbocycles. The maximum Gasteiger partial charge on any atom is 0.312 e. The summed E-state index contributed by atoms with van der Waals surface area (Å²) in [4.78, 5) is 10.5. The molecule has 1 atom stereocenters. The van der Waals surface area contributed by atoms with E-state index in [0.717, 1.165) is 0 Å². The molecule has 1 rings (SSSR count). The van der Waals surface area contributed by atoms with Crippen molar-refractivity contribution in [2.75, 3.05) is 13.1 Å². The fraction of sp³-hybridized carbons (Fsp3) is 0.533. The van der Waals surface area contributed by atoms with Gasteiger partial charge in [-0.3, -0.25) is 0 Å². The molecule has 4 N–H and O–H groups in total. The highest BCUT2D eigenvalue weighted by molar-refractivity contribution is 5.71. The van der Waals surface area contributed by atoms with Crippen LogP contribution < -0.4 is 16.4 Å². The van der Waals surface area contributed by atoms with E-state index in [1.54, 1.807) is 0 Å². The Morgan fingerprint density at radius 3 is 2.26 bits per heavy atom. The molecule has 2 amide bonds. The summed E-state index contributed by atoms with van der Waals surface area (Å²) in [6.07, 6.45) is 0. The highest BCUT2D eigenvalue weighted by Crippen LogP contribution is 2.23. The first-order chi connectivity index (χ1) is 8.80. The summed E-state index contributed by atoms with van der Waals surface area (Å²) in [6.45, 7) is 9.97. The number of nitrogens with two attached hydrogens (primary N) is 1. The van der Waals surface area contributed by atoms with Gasteiger partial charge in [-0.2, -0.15) is 0 Å². The molecule has 1 unspecified atom stereocenters. The van der Waals surface area contributed by atoms with Crippen LogP contribution in [0.15, 0.2) is 24.3 Å². The van der Waals surface area contributed by atoms with E-state index in [1.165, 1.54) is 11.1 Å². The number of carbonyl (C=O) groups is 1. The third kappa shape index (κ3) is 5.30. The quantitative estimate of drug-likeness (QED) is 0.714. The van der Waals surface area contributed by atoms with Crippen molar-refractivity contribution in [3.63, 3.8) is 0 Å². The molecule has 4 heteroatoms. The van der Waals surface area contributed by atoms with Crippen LogP contribution in [0.5, 0.6) is 0 Å². The fourth-order valence-electron chi connectivity index (χ4n) is 1.86. The van der Waals surface area contributed by atoms with Crippen LogP contribution in [0, 0.1) is 0 Å². The van der Waals surface area contributed by atoms with Crippen LogP contribution in [0.4, 0.5) is 4.79 Å². The lowest BCUT2D eigenvalue weighted by Gasteiger charge is -2.20. The molecule has 0 saturated carbocycles. The van der Waals surface area contributed by atoms with Crippen LogP contribution in [-0.4, -0.2) is 19.1 Å². The number of benzene rings is 1. The van der Waals surface area contributed by atoms with Crippen LogP contribution in [0.3, 0.4) is 0 Å². The Balaban J connectivity index is 2.49. The molecule has 106 valence electrons. The summed E-state index contributed by atoms with van der Waals surface area (Å²) in [7, 11) is 0. The zero-order chi connectivity index (χ0) is 14.5. The second kappa shape index (κ2) is 6.57. The van der Waals surface area contributed by atoms with Gasteiger partial charge in [-0.15, -0.1) is 0 Å². The van der Waals surface area contributed by atoms with Crippen LogP contribution in [0.1, 0.15) is 44.9 Å². The van der Waals surface area contributed by atoms with Crippen molar-refractivity contribution in [3.05, 3.63) is 35.4 Å². The van der Waals surface area contributed by atoms with Gasteiger partial charge in [0, 0.05) is 19.1 Å². The first kappa shape index (κ1) is 15.5. The lowest BCUT2D eigenvalue weighted by Crippen LogP contribution is -2.36. The van der Waals surface area contributed by atoms with Crippen molar-refractivity contribution in [1.82, 2.24) is 10.6 Å². The summed E-state index contributed by atoms with van der Waals surface area (Å²) >= 11 is 0. The van der Waals surface area contributed by atoms with E-state index in [2.05, 4.69) is 62.6 Å². The molecule has 1 aromatic rings. The average molecular weight is 263 g/mol. The van der Waals surface area contributed by atoms with Crippen molar-refractivity contribution in [3.8, 4) is 0 Å². The highest BCUT2D eigenvalue weighted by atomic mass is 16.2. The van der Waals surface area contributed by atoms with Crippen LogP contribution >= 0.6 is 0 Å². The lowest BCUT2D eigenvalue weighted by molar-refractivity contribution is 0.249. The zero-order valence-corrected chi connectivity index (χ0v) is 12.3. The van der Waals surface area contributed by atoms with E-state index in [4.69, 9.17) is 5.73 Å². The van der Waals surface area contributed by atoms with Gasteiger partial charge >= 0.3 is 6.03 Å². The summed E-state index contributed by atoms with van der Waals surface area (Å²) in [5.74, 6) is 0. The Kier molecular flexibility index (Phi) is 5.36. The molecule has 4 nitrogen and oxygen atoms in total. The molecule has 0 aliphatic rings. The van der Waals surface area contributed by atoms with E-state index < -0.39 is 6.03 Å². The van der Waals surface area contributed by atoms with Crippen LogP contribution in [0.2, 0.25) is 0 Å². The number of hydrogen-bond donors (Lipinski definition) is 3. The number of carbonyl (C=O) groups excluding carboxylic acids is 1. The molecule has 0 aliphatic heterocycles. The molecule has 19 heavy (non-hydrogen) atoms. The number of nitrogens with one attached hydrogen (secondary N) is 2. The fourth-order valence-corrected chi connectivity index (χ4v) is 1.86. The third-order valence-corrected chi connectivity index (χ3v) is 3.15. The maximum atomic E-state index is 10.5. The van der Waals surface area contributed by atoms with E-state index in [0.29, 0.717) is 13.1 Å². The van der Waals surface area contributed by atoms with Crippen molar-refractivity contribution in [2.24, 2.45) is 5.73 Å². The first-order valence-corrected chi connectivity index (χ1v) is 6.68. The minimum absolute atomic E-state index is 0.181. The number of rotatable bonds is 5. The van der Waals surface area contributed by atoms with Gasteiger partial charge in [0.05, 0.1) is 0 Å². The highest BCUT2D eigenvalue weighted by Gasteiger charge is 2.13. The van der Waals surface area contributed by atoms with Crippen LogP contribution in [-0.2, 0) is 5.41 Å². The van der Waals surface area contributed by atoms with Crippen molar-refractivity contribution in [1.29, 1.82) is 0 Å². The molecular weight excluding hydrogens is 238 g/mol. The minimum atomic E-state index is -0.482. The monoisotopic (exact) mass is 263 g/mol. The summed E-state index contributed by atoms with van der Waals surface area (Å²) in [6, 6.07) is 8.43. The molecule has 0 aliphatic carbocycles.